The molecule has 2 N–H and O–H groups in total. The Bertz CT molecular complexity index is 1140. The Morgan fingerprint density at radius 3 is 2.96 bits per heavy atom. The molecule has 4 aromatic rings. The van der Waals surface area contributed by atoms with Gasteiger partial charge in [0.1, 0.15) is 4.88 Å². The largest absolute Gasteiger partial charge is 0.361 e. The fraction of sp³-hybridized carbons (Fsp3) is 0.100. The lowest BCUT2D eigenvalue weighted by atomic mass is 10.1. The van der Waals surface area contributed by atoms with Gasteiger partial charge in [0.2, 0.25) is 0 Å². The quantitative estimate of drug-likeness (QED) is 0.362. The number of halogens is 1. The maximum absolute atomic E-state index is 12.5. The molecule has 0 saturated heterocycles. The number of benzene rings is 2. The minimum atomic E-state index is -0.301. The van der Waals surface area contributed by atoms with E-state index in [0.29, 0.717) is 9.90 Å². The molecule has 0 spiro atoms. The van der Waals surface area contributed by atoms with E-state index in [9.17, 15) is 4.79 Å². The number of carbonyl (C=O) groups excluding carboxylic acids is 1. The second-order valence-electron chi connectivity index (χ2n) is 5.92. The normalized spacial score (nSPS) is 11.6. The summed E-state index contributed by atoms with van der Waals surface area (Å²) < 4.78 is 1.01. The van der Waals surface area contributed by atoms with Gasteiger partial charge in [-0.2, -0.15) is 5.10 Å². The van der Waals surface area contributed by atoms with Crippen molar-refractivity contribution < 1.29 is 4.79 Å². The maximum atomic E-state index is 12.5. The van der Waals surface area contributed by atoms with Crippen molar-refractivity contribution in [3.05, 3.63) is 69.7 Å². The highest BCUT2D eigenvalue weighted by molar-refractivity contribution is 7.21. The first-order valence-electron chi connectivity index (χ1n) is 8.28. The van der Waals surface area contributed by atoms with Gasteiger partial charge in [0.05, 0.1) is 11.2 Å². The average Bonchev–Trinajstić information content (AvgIpc) is 3.23. The summed E-state index contributed by atoms with van der Waals surface area (Å²) in [6.07, 6.45) is 4.44. The smallest absolute Gasteiger partial charge is 0.283 e. The van der Waals surface area contributed by atoms with E-state index in [4.69, 9.17) is 11.6 Å². The van der Waals surface area contributed by atoms with E-state index >= 15 is 0 Å². The molecule has 0 unspecified atom stereocenters. The van der Waals surface area contributed by atoms with Crippen molar-refractivity contribution in [1.82, 2.24) is 10.4 Å². The van der Waals surface area contributed by atoms with E-state index in [1.54, 1.807) is 6.21 Å². The third-order valence-electron chi connectivity index (χ3n) is 4.30. The molecule has 0 fully saturated rings. The molecule has 2 aromatic heterocycles. The van der Waals surface area contributed by atoms with Crippen molar-refractivity contribution in [3.8, 4) is 0 Å². The molecule has 26 heavy (non-hydrogen) atoms. The van der Waals surface area contributed by atoms with Gasteiger partial charge in [0.25, 0.3) is 5.91 Å². The Kier molecular flexibility index (Phi) is 4.49. The second-order valence-corrected chi connectivity index (χ2v) is 7.35. The number of aromatic amines is 1. The number of rotatable bonds is 4. The van der Waals surface area contributed by atoms with E-state index in [1.807, 2.05) is 42.6 Å². The summed E-state index contributed by atoms with van der Waals surface area (Å²) in [6.45, 7) is 2.10. The highest BCUT2D eigenvalue weighted by Crippen LogP contribution is 2.35. The van der Waals surface area contributed by atoms with Gasteiger partial charge in [0, 0.05) is 32.7 Å². The summed E-state index contributed by atoms with van der Waals surface area (Å²) in [5, 5.41) is 6.52. The molecule has 0 atom stereocenters. The topological polar surface area (TPSA) is 57.2 Å². The fourth-order valence-corrected chi connectivity index (χ4v) is 4.36. The second kappa shape index (κ2) is 6.94. The predicted octanol–water partition coefficient (Wildman–Crippen LogP) is 5.36. The van der Waals surface area contributed by atoms with E-state index in [2.05, 4.69) is 28.5 Å². The summed E-state index contributed by atoms with van der Waals surface area (Å²) in [5.74, 6) is -0.301. The first-order valence-corrected chi connectivity index (χ1v) is 9.47. The van der Waals surface area contributed by atoms with E-state index in [1.165, 1.54) is 16.9 Å². The van der Waals surface area contributed by atoms with Gasteiger partial charge in [-0.05, 0) is 24.1 Å². The monoisotopic (exact) mass is 381 g/mol. The number of H-pyrrole nitrogens is 1. The van der Waals surface area contributed by atoms with Crippen LogP contribution in [0.15, 0.2) is 53.8 Å². The van der Waals surface area contributed by atoms with Crippen LogP contribution in [-0.2, 0) is 6.42 Å². The number of hydrogen-bond donors (Lipinski definition) is 2. The standard InChI is InChI=1S/C20H16ClN3OS/c1-2-12-7-8-15-17(9-12)26-19(18(15)21)20(25)24-23-11-13-10-22-16-6-4-3-5-14(13)16/h3-11,22H,2H2,1H3,(H,24,25)/b23-11+. The number of carbonyl (C=O) groups is 1. The van der Waals surface area contributed by atoms with Crippen LogP contribution >= 0.6 is 22.9 Å². The van der Waals surface area contributed by atoms with E-state index in [0.717, 1.165) is 33.0 Å². The Morgan fingerprint density at radius 2 is 2.12 bits per heavy atom. The number of amides is 1. The maximum Gasteiger partial charge on any atom is 0.283 e. The van der Waals surface area contributed by atoms with Crippen LogP contribution in [-0.4, -0.2) is 17.1 Å². The van der Waals surface area contributed by atoms with Gasteiger partial charge in [-0.3, -0.25) is 4.79 Å². The summed E-state index contributed by atoms with van der Waals surface area (Å²) in [6, 6.07) is 14.0. The molecule has 0 aliphatic heterocycles. The first-order chi connectivity index (χ1) is 12.7. The van der Waals surface area contributed by atoms with Gasteiger partial charge < -0.3 is 4.98 Å². The lowest BCUT2D eigenvalue weighted by Gasteiger charge is -1.97. The molecular formula is C20H16ClN3OS. The van der Waals surface area contributed by atoms with Crippen LogP contribution in [0.1, 0.15) is 27.7 Å². The van der Waals surface area contributed by atoms with Gasteiger partial charge in [-0.25, -0.2) is 5.43 Å². The number of fused-ring (bicyclic) bond motifs is 2. The number of hydrogen-bond acceptors (Lipinski definition) is 3. The van der Waals surface area contributed by atoms with Crippen molar-refractivity contribution in [1.29, 1.82) is 0 Å². The predicted molar refractivity (Wildman–Crippen MR) is 110 cm³/mol. The molecule has 2 heterocycles. The third-order valence-corrected chi connectivity index (χ3v) is 5.96. The molecule has 4 rings (SSSR count). The Hall–Kier alpha value is -2.63. The summed E-state index contributed by atoms with van der Waals surface area (Å²) >= 11 is 7.78. The molecule has 0 radical (unpaired) electrons. The van der Waals surface area contributed by atoms with Crippen LogP contribution in [0.25, 0.3) is 21.0 Å². The first kappa shape index (κ1) is 16.8. The van der Waals surface area contributed by atoms with Gasteiger partial charge >= 0.3 is 0 Å². The minimum absolute atomic E-state index is 0.301. The Labute approximate surface area is 159 Å². The summed E-state index contributed by atoms with van der Waals surface area (Å²) in [5.41, 5.74) is 5.74. The average molecular weight is 382 g/mol. The highest BCUT2D eigenvalue weighted by atomic mass is 35.5. The van der Waals surface area contributed by atoms with Gasteiger partial charge in [-0.1, -0.05) is 48.9 Å². The Balaban J connectivity index is 1.56. The number of nitrogens with one attached hydrogen (secondary N) is 2. The Morgan fingerprint density at radius 1 is 1.27 bits per heavy atom. The number of aromatic nitrogens is 1. The van der Waals surface area contributed by atoms with Crippen LogP contribution in [0.2, 0.25) is 5.02 Å². The third kappa shape index (κ3) is 3.00. The molecule has 0 bridgehead atoms. The lowest BCUT2D eigenvalue weighted by molar-refractivity contribution is 0.0959. The highest BCUT2D eigenvalue weighted by Gasteiger charge is 2.17. The van der Waals surface area contributed by atoms with Crippen LogP contribution in [0.4, 0.5) is 0 Å². The van der Waals surface area contributed by atoms with Crippen LogP contribution in [0.3, 0.4) is 0 Å². The van der Waals surface area contributed by atoms with Crippen molar-refractivity contribution in [2.45, 2.75) is 13.3 Å². The number of hydrazone groups is 1. The molecule has 2 aromatic carbocycles. The lowest BCUT2D eigenvalue weighted by Crippen LogP contribution is -2.16. The molecule has 6 heteroatoms. The summed E-state index contributed by atoms with van der Waals surface area (Å²) in [4.78, 5) is 16.1. The number of aryl methyl sites for hydroxylation is 1. The summed E-state index contributed by atoms with van der Waals surface area (Å²) in [7, 11) is 0. The zero-order valence-corrected chi connectivity index (χ0v) is 15.6. The number of para-hydroxylation sites is 1. The molecule has 4 nitrogen and oxygen atoms in total. The van der Waals surface area contributed by atoms with E-state index < -0.39 is 0 Å². The van der Waals surface area contributed by atoms with Crippen LogP contribution < -0.4 is 5.43 Å². The molecular weight excluding hydrogens is 366 g/mol. The molecule has 0 aliphatic carbocycles. The fourth-order valence-electron chi connectivity index (χ4n) is 2.89. The minimum Gasteiger partial charge on any atom is -0.361 e. The van der Waals surface area contributed by atoms with Crippen molar-refractivity contribution >= 4 is 56.0 Å². The van der Waals surface area contributed by atoms with Crippen molar-refractivity contribution in [3.63, 3.8) is 0 Å². The number of thiophene rings is 1. The van der Waals surface area contributed by atoms with Crippen molar-refractivity contribution in [2.75, 3.05) is 0 Å². The zero-order valence-electron chi connectivity index (χ0n) is 14.0. The molecule has 1 amide bonds. The molecule has 0 aliphatic rings. The molecule has 0 saturated carbocycles. The van der Waals surface area contributed by atoms with E-state index in [-0.39, 0.29) is 5.91 Å². The molecule has 130 valence electrons. The van der Waals surface area contributed by atoms with Crippen LogP contribution in [0, 0.1) is 0 Å². The number of nitrogens with zero attached hydrogens (tertiary/aromatic N) is 1. The van der Waals surface area contributed by atoms with Crippen molar-refractivity contribution in [2.24, 2.45) is 5.10 Å². The van der Waals surface area contributed by atoms with Crippen LogP contribution in [0.5, 0.6) is 0 Å². The SMILES string of the molecule is CCc1ccc2c(Cl)c(C(=O)N/N=C/c3c[nH]c4ccccc34)sc2c1. The van der Waals surface area contributed by atoms with Gasteiger partial charge in [0.15, 0.2) is 0 Å². The van der Waals surface area contributed by atoms with Gasteiger partial charge in [-0.15, -0.1) is 11.3 Å². The zero-order chi connectivity index (χ0) is 18.1.